The van der Waals surface area contributed by atoms with Crippen LogP contribution < -0.4 is 0 Å². The topological polar surface area (TPSA) is 100 Å². The summed E-state index contributed by atoms with van der Waals surface area (Å²) in [6.07, 6.45) is 9.42. The van der Waals surface area contributed by atoms with Gasteiger partial charge in [0.1, 0.15) is 5.69 Å². The summed E-state index contributed by atoms with van der Waals surface area (Å²) in [5, 5.41) is 11.3. The number of nitro benzene ring substituents is 1. The lowest BCUT2D eigenvalue weighted by molar-refractivity contribution is -0.384. The second-order valence-electron chi connectivity index (χ2n) is 5.53. The Morgan fingerprint density at radius 3 is 2.65 bits per heavy atom. The van der Waals surface area contributed by atoms with Crippen molar-refractivity contribution in [2.24, 2.45) is 0 Å². The quantitative estimate of drug-likeness (QED) is 0.280. The smallest absolute Gasteiger partial charge is 0.338 e. The van der Waals surface area contributed by atoms with E-state index in [-0.39, 0.29) is 17.9 Å². The van der Waals surface area contributed by atoms with Crippen molar-refractivity contribution in [1.82, 2.24) is 14.5 Å². The number of hydrogen-bond acceptors (Lipinski definition) is 6. The summed E-state index contributed by atoms with van der Waals surface area (Å²) in [4.78, 5) is 30.8. The molecule has 0 atom stereocenters. The van der Waals surface area contributed by atoms with Gasteiger partial charge in [0, 0.05) is 30.9 Å². The molecule has 0 radical (unpaired) electrons. The zero-order valence-corrected chi connectivity index (χ0v) is 13.8. The van der Waals surface area contributed by atoms with Gasteiger partial charge in [-0.25, -0.2) is 9.78 Å². The number of carbonyl (C=O) groups excluding carboxylic acids is 1. The standard InChI is InChI=1S/C18H16N4O4/c23-18(26-11-1-2-14-5-7-19-8-6-14)15-3-4-16(17(12-15)22(24)25)21-10-9-20-13-21/h3-10,12-13H,1-2,11H2. The Kier molecular flexibility index (Phi) is 5.33. The monoisotopic (exact) mass is 352 g/mol. The minimum atomic E-state index is -0.583. The van der Waals surface area contributed by atoms with Gasteiger partial charge in [0.05, 0.1) is 23.4 Å². The van der Waals surface area contributed by atoms with Gasteiger partial charge in [-0.1, -0.05) is 0 Å². The van der Waals surface area contributed by atoms with Crippen molar-refractivity contribution >= 4 is 11.7 Å². The highest BCUT2D eigenvalue weighted by Crippen LogP contribution is 2.24. The first-order chi connectivity index (χ1) is 12.6. The summed E-state index contributed by atoms with van der Waals surface area (Å²) in [5.41, 5.74) is 1.40. The van der Waals surface area contributed by atoms with E-state index in [0.29, 0.717) is 12.1 Å². The first kappa shape index (κ1) is 17.3. The number of ether oxygens (including phenoxy) is 1. The number of hydrogen-bond donors (Lipinski definition) is 0. The Labute approximate surface area is 149 Å². The van der Waals surface area contributed by atoms with Crippen LogP contribution in [0.3, 0.4) is 0 Å². The number of aromatic nitrogens is 3. The fourth-order valence-corrected chi connectivity index (χ4v) is 2.49. The van der Waals surface area contributed by atoms with Gasteiger partial charge in [-0.3, -0.25) is 15.1 Å². The third-order valence-electron chi connectivity index (χ3n) is 3.78. The molecule has 0 aliphatic rings. The number of rotatable bonds is 7. The van der Waals surface area contributed by atoms with Crippen LogP contribution in [-0.4, -0.2) is 32.0 Å². The number of aryl methyl sites for hydroxylation is 1. The number of nitrogens with zero attached hydrogens (tertiary/aromatic N) is 4. The largest absolute Gasteiger partial charge is 0.462 e. The maximum absolute atomic E-state index is 12.2. The van der Waals surface area contributed by atoms with Crippen molar-refractivity contribution in [3.05, 3.63) is 82.7 Å². The maximum atomic E-state index is 12.2. The molecule has 0 bridgehead atoms. The van der Waals surface area contributed by atoms with E-state index < -0.39 is 10.9 Å². The molecule has 8 heteroatoms. The lowest BCUT2D eigenvalue weighted by Crippen LogP contribution is -2.08. The number of pyridine rings is 1. The molecule has 2 aromatic heterocycles. The van der Waals surface area contributed by atoms with Crippen LogP contribution in [0.15, 0.2) is 61.4 Å². The van der Waals surface area contributed by atoms with Gasteiger partial charge in [0.15, 0.2) is 0 Å². The van der Waals surface area contributed by atoms with Crippen molar-refractivity contribution < 1.29 is 14.5 Å². The Bertz CT molecular complexity index is 895. The van der Waals surface area contributed by atoms with Gasteiger partial charge < -0.3 is 9.30 Å². The highest BCUT2D eigenvalue weighted by molar-refractivity contribution is 5.90. The van der Waals surface area contributed by atoms with Crippen LogP contribution in [0, 0.1) is 10.1 Å². The number of carbonyl (C=O) groups is 1. The molecule has 3 rings (SSSR count). The van der Waals surface area contributed by atoms with Crippen LogP contribution in [0.4, 0.5) is 5.69 Å². The summed E-state index contributed by atoms with van der Waals surface area (Å²) in [6, 6.07) is 8.04. The summed E-state index contributed by atoms with van der Waals surface area (Å²) >= 11 is 0. The molecule has 2 heterocycles. The van der Waals surface area contributed by atoms with Crippen LogP contribution in [0.25, 0.3) is 5.69 Å². The molecule has 26 heavy (non-hydrogen) atoms. The Hall–Kier alpha value is -3.55. The first-order valence-corrected chi connectivity index (χ1v) is 7.98. The number of imidazole rings is 1. The fraction of sp³-hybridized carbons (Fsp3) is 0.167. The van der Waals surface area contributed by atoms with E-state index >= 15 is 0 Å². The molecule has 0 fully saturated rings. The van der Waals surface area contributed by atoms with Crippen LogP contribution in [-0.2, 0) is 11.2 Å². The molecule has 0 saturated carbocycles. The third kappa shape index (κ3) is 4.10. The number of nitro groups is 1. The van der Waals surface area contributed by atoms with Gasteiger partial charge in [0.25, 0.3) is 5.69 Å². The molecular formula is C18H16N4O4. The number of esters is 1. The molecule has 0 spiro atoms. The molecule has 132 valence electrons. The lowest BCUT2D eigenvalue weighted by atomic mass is 10.1. The van der Waals surface area contributed by atoms with Crippen LogP contribution in [0.5, 0.6) is 0 Å². The Morgan fingerprint density at radius 2 is 1.96 bits per heavy atom. The maximum Gasteiger partial charge on any atom is 0.338 e. The fourth-order valence-electron chi connectivity index (χ4n) is 2.49. The van der Waals surface area contributed by atoms with Gasteiger partial charge in [-0.05, 0) is 42.7 Å². The normalized spacial score (nSPS) is 10.5. The van der Waals surface area contributed by atoms with E-state index in [9.17, 15) is 14.9 Å². The number of benzene rings is 1. The molecule has 0 N–H and O–H groups in total. The summed E-state index contributed by atoms with van der Waals surface area (Å²) < 4.78 is 6.73. The lowest BCUT2D eigenvalue weighted by Gasteiger charge is -2.07. The summed E-state index contributed by atoms with van der Waals surface area (Å²) in [5.74, 6) is -0.583. The highest BCUT2D eigenvalue weighted by Gasteiger charge is 2.19. The highest BCUT2D eigenvalue weighted by atomic mass is 16.6. The average Bonchev–Trinajstić information content (AvgIpc) is 3.20. The SMILES string of the molecule is O=C(OCCCc1ccncc1)c1ccc(-n2ccnc2)c([N+](=O)[O-])c1. The average molecular weight is 352 g/mol. The molecule has 8 nitrogen and oxygen atoms in total. The molecular weight excluding hydrogens is 336 g/mol. The van der Waals surface area contributed by atoms with Gasteiger partial charge in [-0.15, -0.1) is 0 Å². The second-order valence-corrected chi connectivity index (χ2v) is 5.53. The Balaban J connectivity index is 1.64. The predicted molar refractivity (Wildman–Crippen MR) is 93.1 cm³/mol. The van der Waals surface area contributed by atoms with E-state index in [4.69, 9.17) is 4.74 Å². The summed E-state index contributed by atoms with van der Waals surface area (Å²) in [6.45, 7) is 0.234. The molecule has 0 aliphatic heterocycles. The zero-order chi connectivity index (χ0) is 18.4. The van der Waals surface area contributed by atoms with Gasteiger partial charge in [-0.2, -0.15) is 0 Å². The van der Waals surface area contributed by atoms with Gasteiger partial charge >= 0.3 is 5.97 Å². The minimum absolute atomic E-state index is 0.143. The molecule has 0 amide bonds. The van der Waals surface area contributed by atoms with Crippen LogP contribution in [0.1, 0.15) is 22.3 Å². The van der Waals surface area contributed by atoms with Gasteiger partial charge in [0.2, 0.25) is 0 Å². The van der Waals surface area contributed by atoms with Crippen LogP contribution in [0.2, 0.25) is 0 Å². The van der Waals surface area contributed by atoms with E-state index in [1.54, 1.807) is 18.6 Å². The molecule has 3 aromatic rings. The zero-order valence-electron chi connectivity index (χ0n) is 13.8. The summed E-state index contributed by atoms with van der Waals surface area (Å²) in [7, 11) is 0. The molecule has 0 unspecified atom stereocenters. The van der Waals surface area contributed by atoms with Crippen LogP contribution >= 0.6 is 0 Å². The Morgan fingerprint density at radius 1 is 1.15 bits per heavy atom. The molecule has 1 aromatic carbocycles. The predicted octanol–water partition coefficient (Wildman–Crippen LogP) is 2.97. The van der Waals surface area contributed by atoms with Crippen molar-refractivity contribution in [1.29, 1.82) is 0 Å². The second kappa shape index (κ2) is 8.02. The first-order valence-electron chi connectivity index (χ1n) is 7.98. The molecule has 0 aliphatic carbocycles. The van der Waals surface area contributed by atoms with Crippen molar-refractivity contribution in [3.8, 4) is 5.69 Å². The van der Waals surface area contributed by atoms with E-state index in [1.807, 2.05) is 12.1 Å². The minimum Gasteiger partial charge on any atom is -0.462 e. The van der Waals surface area contributed by atoms with Crippen molar-refractivity contribution in [2.45, 2.75) is 12.8 Å². The van der Waals surface area contributed by atoms with Crippen molar-refractivity contribution in [3.63, 3.8) is 0 Å². The van der Waals surface area contributed by atoms with Crippen molar-refractivity contribution in [2.75, 3.05) is 6.61 Å². The third-order valence-corrected chi connectivity index (χ3v) is 3.78. The van der Waals surface area contributed by atoms with E-state index in [1.165, 1.54) is 35.3 Å². The van der Waals surface area contributed by atoms with E-state index in [0.717, 1.165) is 12.0 Å². The van der Waals surface area contributed by atoms with E-state index in [2.05, 4.69) is 9.97 Å². The molecule has 0 saturated heterocycles.